The molecule has 0 amide bonds. The second-order valence-corrected chi connectivity index (χ2v) is 4.82. The van der Waals surface area contributed by atoms with Gasteiger partial charge in [-0.25, -0.2) is 0 Å². The van der Waals surface area contributed by atoms with Gasteiger partial charge in [-0.1, -0.05) is 0 Å². The molecule has 0 bridgehead atoms. The number of rotatable bonds is 3. The number of H-pyrrole nitrogens is 1. The second-order valence-electron chi connectivity index (χ2n) is 4.82. The van der Waals surface area contributed by atoms with Crippen LogP contribution in [0.2, 0.25) is 0 Å². The van der Waals surface area contributed by atoms with Crippen LogP contribution in [0.5, 0.6) is 0 Å². The summed E-state index contributed by atoms with van der Waals surface area (Å²) in [5, 5.41) is 19.0. The van der Waals surface area contributed by atoms with Crippen molar-refractivity contribution in [1.29, 1.82) is 0 Å². The van der Waals surface area contributed by atoms with Crippen LogP contribution in [0.4, 0.5) is 5.95 Å². The van der Waals surface area contributed by atoms with Crippen LogP contribution >= 0.6 is 0 Å². The van der Waals surface area contributed by atoms with Gasteiger partial charge in [0.1, 0.15) is 5.82 Å². The largest absolute Gasteiger partial charge is 0.349 e. The lowest BCUT2D eigenvalue weighted by molar-refractivity contribution is 0.525. The summed E-state index contributed by atoms with van der Waals surface area (Å²) in [5.41, 5.74) is 3.37. The quantitative estimate of drug-likeness (QED) is 0.862. The van der Waals surface area contributed by atoms with E-state index in [1.165, 1.54) is 18.4 Å². The van der Waals surface area contributed by atoms with Crippen LogP contribution in [-0.2, 0) is 19.5 Å². The van der Waals surface area contributed by atoms with E-state index in [0.717, 1.165) is 36.1 Å². The topological polar surface area (TPSA) is 71.4 Å². The van der Waals surface area contributed by atoms with E-state index in [1.54, 1.807) is 0 Å². The minimum atomic E-state index is 0.689. The first-order chi connectivity index (χ1) is 8.75. The van der Waals surface area contributed by atoms with Gasteiger partial charge in [-0.05, 0) is 32.3 Å². The molecular formula is C12H18N6. The molecule has 0 saturated heterocycles. The van der Waals surface area contributed by atoms with Crippen molar-refractivity contribution >= 4 is 5.95 Å². The van der Waals surface area contributed by atoms with Crippen molar-refractivity contribution in [3.05, 3.63) is 22.8 Å². The Kier molecular flexibility index (Phi) is 2.77. The highest BCUT2D eigenvalue weighted by Gasteiger charge is 2.15. The van der Waals surface area contributed by atoms with Crippen molar-refractivity contribution in [1.82, 2.24) is 25.0 Å². The summed E-state index contributed by atoms with van der Waals surface area (Å²) in [7, 11) is 0. The van der Waals surface area contributed by atoms with E-state index in [1.807, 2.05) is 6.92 Å². The van der Waals surface area contributed by atoms with Crippen LogP contribution < -0.4 is 5.32 Å². The molecule has 1 aliphatic heterocycles. The number of aromatic amines is 1. The molecule has 0 radical (unpaired) electrons. The summed E-state index contributed by atoms with van der Waals surface area (Å²) < 4.78 is 2.18. The maximum absolute atomic E-state index is 4.28. The minimum absolute atomic E-state index is 0.689. The summed E-state index contributed by atoms with van der Waals surface area (Å²) in [6.45, 7) is 5.82. The number of aromatic nitrogens is 5. The molecule has 6 nitrogen and oxygen atoms in total. The molecule has 3 rings (SSSR count). The van der Waals surface area contributed by atoms with Crippen LogP contribution in [0.15, 0.2) is 0 Å². The fraction of sp³-hybridized carbons (Fsp3) is 0.583. The van der Waals surface area contributed by atoms with E-state index in [9.17, 15) is 0 Å². The maximum atomic E-state index is 4.28. The first-order valence-electron chi connectivity index (χ1n) is 6.42. The number of anilines is 1. The van der Waals surface area contributed by atoms with Gasteiger partial charge in [0, 0.05) is 18.7 Å². The molecule has 0 aliphatic carbocycles. The van der Waals surface area contributed by atoms with Crippen LogP contribution in [0.3, 0.4) is 0 Å². The Bertz CT molecular complexity index is 553. The van der Waals surface area contributed by atoms with Gasteiger partial charge in [0.2, 0.25) is 5.95 Å². The average Bonchev–Trinajstić information content (AvgIpc) is 2.94. The molecule has 0 atom stereocenters. The zero-order valence-corrected chi connectivity index (χ0v) is 10.8. The fourth-order valence-corrected chi connectivity index (χ4v) is 2.31. The molecule has 0 fully saturated rings. The van der Waals surface area contributed by atoms with Crippen molar-refractivity contribution in [2.75, 3.05) is 5.32 Å². The van der Waals surface area contributed by atoms with Gasteiger partial charge in [-0.15, -0.1) is 10.2 Å². The number of nitrogens with one attached hydrogen (secondary N) is 2. The lowest BCUT2D eigenvalue weighted by Gasteiger charge is -2.14. The molecule has 18 heavy (non-hydrogen) atoms. The molecule has 2 aromatic heterocycles. The standard InChI is InChI=1S/C12H18N6/c1-8-9(2)14-15-10(8)7-13-12-17-16-11-5-3-4-6-18(11)12/h3-7H2,1-2H3,(H,13,17)(H,14,15). The molecule has 6 heteroatoms. The Morgan fingerprint density at radius 1 is 1.28 bits per heavy atom. The smallest absolute Gasteiger partial charge is 0.224 e. The summed E-state index contributed by atoms with van der Waals surface area (Å²) in [6.07, 6.45) is 3.46. The molecular weight excluding hydrogens is 228 g/mol. The molecule has 0 spiro atoms. The normalized spacial score (nSPS) is 14.6. The lowest BCUT2D eigenvalue weighted by Crippen LogP contribution is -2.14. The summed E-state index contributed by atoms with van der Waals surface area (Å²) in [4.78, 5) is 0. The number of fused-ring (bicyclic) bond motifs is 1. The van der Waals surface area contributed by atoms with E-state index in [0.29, 0.717) is 6.54 Å². The van der Waals surface area contributed by atoms with Crippen molar-refractivity contribution in [3.8, 4) is 0 Å². The molecule has 2 aromatic rings. The number of hydrogen-bond acceptors (Lipinski definition) is 4. The summed E-state index contributed by atoms with van der Waals surface area (Å²) in [6, 6.07) is 0. The highest BCUT2D eigenvalue weighted by molar-refractivity contribution is 5.30. The predicted molar refractivity (Wildman–Crippen MR) is 68.3 cm³/mol. The van der Waals surface area contributed by atoms with E-state index < -0.39 is 0 Å². The highest BCUT2D eigenvalue weighted by atomic mass is 15.4. The van der Waals surface area contributed by atoms with Crippen molar-refractivity contribution in [2.24, 2.45) is 0 Å². The third kappa shape index (κ3) is 1.87. The number of nitrogens with zero attached hydrogens (tertiary/aromatic N) is 4. The Labute approximate surface area is 106 Å². The molecule has 0 saturated carbocycles. The van der Waals surface area contributed by atoms with Gasteiger partial charge >= 0.3 is 0 Å². The van der Waals surface area contributed by atoms with Gasteiger partial charge in [0.15, 0.2) is 0 Å². The van der Waals surface area contributed by atoms with Crippen LogP contribution in [0, 0.1) is 13.8 Å². The van der Waals surface area contributed by atoms with Gasteiger partial charge in [-0.2, -0.15) is 5.10 Å². The summed E-state index contributed by atoms with van der Waals surface area (Å²) >= 11 is 0. The Morgan fingerprint density at radius 2 is 2.17 bits per heavy atom. The van der Waals surface area contributed by atoms with Crippen LogP contribution in [0.25, 0.3) is 0 Å². The Morgan fingerprint density at radius 3 is 2.94 bits per heavy atom. The molecule has 2 N–H and O–H groups in total. The zero-order chi connectivity index (χ0) is 12.5. The monoisotopic (exact) mass is 246 g/mol. The van der Waals surface area contributed by atoms with Crippen LogP contribution in [0.1, 0.15) is 35.6 Å². The molecule has 0 unspecified atom stereocenters. The predicted octanol–water partition coefficient (Wildman–Crippen LogP) is 1.57. The number of aryl methyl sites for hydroxylation is 2. The van der Waals surface area contributed by atoms with Gasteiger partial charge in [0.05, 0.1) is 12.2 Å². The maximum Gasteiger partial charge on any atom is 0.224 e. The number of hydrogen-bond donors (Lipinski definition) is 2. The van der Waals surface area contributed by atoms with Crippen molar-refractivity contribution in [2.45, 2.75) is 46.2 Å². The molecule has 0 aromatic carbocycles. The van der Waals surface area contributed by atoms with Gasteiger partial charge in [0.25, 0.3) is 0 Å². The third-order valence-corrected chi connectivity index (χ3v) is 3.63. The second kappa shape index (κ2) is 4.44. The van der Waals surface area contributed by atoms with E-state index >= 15 is 0 Å². The highest BCUT2D eigenvalue weighted by Crippen LogP contribution is 2.18. The van der Waals surface area contributed by atoms with Crippen LogP contribution in [-0.4, -0.2) is 25.0 Å². The lowest BCUT2D eigenvalue weighted by atomic mass is 10.2. The third-order valence-electron chi connectivity index (χ3n) is 3.63. The minimum Gasteiger partial charge on any atom is -0.349 e. The molecule has 96 valence electrons. The average molecular weight is 246 g/mol. The first kappa shape index (κ1) is 11.3. The SMILES string of the molecule is Cc1[nH]nc(CNc2nnc3n2CCCC3)c1C. The van der Waals surface area contributed by atoms with Gasteiger partial charge in [-0.3, -0.25) is 9.67 Å². The van der Waals surface area contributed by atoms with E-state index in [2.05, 4.69) is 37.2 Å². The van der Waals surface area contributed by atoms with Crippen molar-refractivity contribution < 1.29 is 0 Å². The van der Waals surface area contributed by atoms with Gasteiger partial charge < -0.3 is 5.32 Å². The Hall–Kier alpha value is -1.85. The zero-order valence-electron chi connectivity index (χ0n) is 10.8. The van der Waals surface area contributed by atoms with E-state index in [4.69, 9.17) is 0 Å². The van der Waals surface area contributed by atoms with Crippen molar-refractivity contribution in [3.63, 3.8) is 0 Å². The van der Waals surface area contributed by atoms with E-state index in [-0.39, 0.29) is 0 Å². The fourth-order valence-electron chi connectivity index (χ4n) is 2.31. The molecule has 3 heterocycles. The first-order valence-corrected chi connectivity index (χ1v) is 6.42. The molecule has 1 aliphatic rings. The Balaban J connectivity index is 1.74. The summed E-state index contributed by atoms with van der Waals surface area (Å²) in [5.74, 6) is 1.96.